The maximum atomic E-state index is 4.18. The smallest absolute Gasteiger partial charge is 0.0890 e. The molecule has 0 unspecified atom stereocenters. The Hall–Kier alpha value is -2.03. The number of nitrogens with zero attached hydrogens (tertiary/aromatic N) is 3. The van der Waals surface area contributed by atoms with Crippen LogP contribution < -0.4 is 0 Å². The minimum absolute atomic E-state index is 1.06. The minimum atomic E-state index is 1.06. The van der Waals surface area contributed by atoms with Crippen molar-refractivity contribution >= 4 is 10.9 Å². The predicted molar refractivity (Wildman–Crippen MR) is 99.0 cm³/mol. The van der Waals surface area contributed by atoms with Crippen LogP contribution in [0.4, 0.5) is 0 Å². The Kier molecular flexibility index (Phi) is 7.44. The van der Waals surface area contributed by atoms with Gasteiger partial charge in [-0.1, -0.05) is 56.9 Å². The number of unbranched alkanes of at least 4 members (excludes halogenated alkanes) is 4. The number of para-hydroxylation sites is 1. The van der Waals surface area contributed by atoms with Crippen molar-refractivity contribution in [3.8, 4) is 0 Å². The normalized spacial score (nSPS) is 13.3. The monoisotopic (exact) mass is 311 g/mol. The zero-order valence-corrected chi connectivity index (χ0v) is 14.5. The highest BCUT2D eigenvalue weighted by atomic mass is 15.3. The summed E-state index contributed by atoms with van der Waals surface area (Å²) in [7, 11) is 2.12. The van der Waals surface area contributed by atoms with E-state index in [1.165, 1.54) is 44.0 Å². The summed E-state index contributed by atoms with van der Waals surface area (Å²) in [6.45, 7) is 4.57. The molecule has 0 bridgehead atoms. The molecule has 0 saturated carbocycles. The Morgan fingerprint density at radius 3 is 2.48 bits per heavy atom. The molecular weight excluding hydrogens is 282 g/mol. The molecule has 0 amide bonds. The molecule has 1 aromatic heterocycles. The molecule has 0 N–H and O–H groups in total. The summed E-state index contributed by atoms with van der Waals surface area (Å²) in [4.78, 5) is 8.78. The van der Waals surface area contributed by atoms with Gasteiger partial charge in [0.05, 0.1) is 12.2 Å². The van der Waals surface area contributed by atoms with Gasteiger partial charge < -0.3 is 9.80 Å². The average molecular weight is 311 g/mol. The van der Waals surface area contributed by atoms with Crippen LogP contribution >= 0.6 is 0 Å². The highest BCUT2D eigenvalue weighted by Crippen LogP contribution is 2.08. The molecular formula is C20H29N3. The molecule has 0 spiro atoms. The van der Waals surface area contributed by atoms with Crippen molar-refractivity contribution in [2.45, 2.75) is 39.0 Å². The Morgan fingerprint density at radius 1 is 0.957 bits per heavy atom. The SMILES string of the molecule is CCCCCCCN1C=CN(C)C1.c1ccc2ncccc2c1. The molecule has 1 aromatic carbocycles. The predicted octanol–water partition coefficient (Wildman–Crippen LogP) is 4.87. The van der Waals surface area contributed by atoms with Crippen molar-refractivity contribution in [3.63, 3.8) is 0 Å². The molecule has 0 atom stereocenters. The minimum Gasteiger partial charge on any atom is -0.362 e. The summed E-state index contributed by atoms with van der Waals surface area (Å²) in [5.41, 5.74) is 1.06. The van der Waals surface area contributed by atoms with Gasteiger partial charge in [0.1, 0.15) is 0 Å². The number of pyridine rings is 1. The second-order valence-corrected chi connectivity index (χ2v) is 6.12. The van der Waals surface area contributed by atoms with E-state index in [1.54, 1.807) is 0 Å². The van der Waals surface area contributed by atoms with Crippen LogP contribution in [0.1, 0.15) is 39.0 Å². The zero-order valence-electron chi connectivity index (χ0n) is 14.5. The third-order valence-corrected chi connectivity index (χ3v) is 4.00. The highest BCUT2D eigenvalue weighted by Gasteiger charge is 2.06. The van der Waals surface area contributed by atoms with Gasteiger partial charge in [0, 0.05) is 37.6 Å². The van der Waals surface area contributed by atoms with Crippen molar-refractivity contribution < 1.29 is 0 Å². The van der Waals surface area contributed by atoms with Crippen LogP contribution in [0.3, 0.4) is 0 Å². The first-order chi connectivity index (χ1) is 11.3. The summed E-state index contributed by atoms with van der Waals surface area (Å²) in [6.07, 6.45) is 13.0. The molecule has 0 fully saturated rings. The number of aromatic nitrogens is 1. The van der Waals surface area contributed by atoms with Crippen molar-refractivity contribution in [1.82, 2.24) is 14.8 Å². The van der Waals surface area contributed by atoms with Gasteiger partial charge in [-0.2, -0.15) is 0 Å². The fourth-order valence-electron chi connectivity index (χ4n) is 2.67. The van der Waals surface area contributed by atoms with Gasteiger partial charge in [0.25, 0.3) is 0 Å². The number of benzene rings is 1. The topological polar surface area (TPSA) is 19.4 Å². The van der Waals surface area contributed by atoms with E-state index < -0.39 is 0 Å². The molecule has 3 heteroatoms. The third kappa shape index (κ3) is 6.31. The molecule has 1 aliphatic heterocycles. The molecule has 1 aliphatic rings. The standard InChI is InChI=1S/C11H22N2.C9H7N/c1-3-4-5-6-7-8-13-10-9-12(2)11-13;1-2-6-9-8(4-1)5-3-7-10-9/h9-10H,3-8,11H2,1-2H3;1-7H. The quantitative estimate of drug-likeness (QED) is 0.710. The first-order valence-corrected chi connectivity index (χ1v) is 8.72. The summed E-state index contributed by atoms with van der Waals surface area (Å²) < 4.78 is 0. The Labute approximate surface area is 140 Å². The summed E-state index contributed by atoms with van der Waals surface area (Å²) in [5.74, 6) is 0. The van der Waals surface area contributed by atoms with Gasteiger partial charge in [0.15, 0.2) is 0 Å². The van der Waals surface area contributed by atoms with Gasteiger partial charge >= 0.3 is 0 Å². The second-order valence-electron chi connectivity index (χ2n) is 6.12. The summed E-state index contributed by atoms with van der Waals surface area (Å²) >= 11 is 0. The number of fused-ring (bicyclic) bond motifs is 1. The van der Waals surface area contributed by atoms with Crippen LogP contribution in [0.5, 0.6) is 0 Å². The Bertz CT molecular complexity index is 529. The van der Waals surface area contributed by atoms with Crippen LogP contribution in [0.2, 0.25) is 0 Å². The largest absolute Gasteiger partial charge is 0.362 e. The lowest BCUT2D eigenvalue weighted by atomic mass is 10.1. The van der Waals surface area contributed by atoms with Crippen LogP contribution in [0, 0.1) is 0 Å². The van der Waals surface area contributed by atoms with Gasteiger partial charge in [-0.25, -0.2) is 0 Å². The van der Waals surface area contributed by atoms with Crippen molar-refractivity contribution in [2.75, 3.05) is 20.3 Å². The molecule has 2 heterocycles. The van der Waals surface area contributed by atoms with E-state index in [0.29, 0.717) is 0 Å². The molecule has 124 valence electrons. The summed E-state index contributed by atoms with van der Waals surface area (Å²) in [5, 5.41) is 1.20. The maximum absolute atomic E-state index is 4.18. The molecule has 3 nitrogen and oxygen atoms in total. The van der Waals surface area contributed by atoms with Crippen molar-refractivity contribution in [1.29, 1.82) is 0 Å². The first-order valence-electron chi connectivity index (χ1n) is 8.72. The zero-order chi connectivity index (χ0) is 16.3. The molecule has 0 aliphatic carbocycles. The lowest BCUT2D eigenvalue weighted by Crippen LogP contribution is -2.23. The van der Waals surface area contributed by atoms with Gasteiger partial charge in [-0.15, -0.1) is 0 Å². The lowest BCUT2D eigenvalue weighted by Gasteiger charge is -2.17. The summed E-state index contributed by atoms with van der Waals surface area (Å²) in [6, 6.07) is 12.1. The first kappa shape index (κ1) is 17.3. The van der Waals surface area contributed by atoms with Crippen LogP contribution in [0.15, 0.2) is 55.0 Å². The van der Waals surface area contributed by atoms with Gasteiger partial charge in [0.2, 0.25) is 0 Å². The van der Waals surface area contributed by atoms with Crippen molar-refractivity contribution in [3.05, 3.63) is 55.0 Å². The number of hydrogen-bond acceptors (Lipinski definition) is 3. The molecule has 2 aromatic rings. The second kappa shape index (κ2) is 9.88. The third-order valence-electron chi connectivity index (χ3n) is 4.00. The van der Waals surface area contributed by atoms with E-state index in [4.69, 9.17) is 0 Å². The van der Waals surface area contributed by atoms with E-state index in [0.717, 1.165) is 12.2 Å². The Balaban J connectivity index is 0.000000172. The average Bonchev–Trinajstić information content (AvgIpc) is 3.01. The van der Waals surface area contributed by atoms with Gasteiger partial charge in [-0.3, -0.25) is 4.98 Å². The van der Waals surface area contributed by atoms with E-state index >= 15 is 0 Å². The molecule has 23 heavy (non-hydrogen) atoms. The molecule has 3 rings (SSSR count). The lowest BCUT2D eigenvalue weighted by molar-refractivity contribution is 0.291. The van der Waals surface area contributed by atoms with Gasteiger partial charge in [-0.05, 0) is 18.6 Å². The van der Waals surface area contributed by atoms with Crippen LogP contribution in [-0.4, -0.2) is 35.0 Å². The molecule has 0 radical (unpaired) electrons. The molecule has 0 saturated heterocycles. The van der Waals surface area contributed by atoms with Crippen LogP contribution in [-0.2, 0) is 0 Å². The van der Waals surface area contributed by atoms with Crippen LogP contribution in [0.25, 0.3) is 10.9 Å². The fourth-order valence-corrected chi connectivity index (χ4v) is 2.67. The number of rotatable bonds is 6. The van der Waals surface area contributed by atoms with Crippen molar-refractivity contribution in [2.24, 2.45) is 0 Å². The van der Waals surface area contributed by atoms with E-state index in [-0.39, 0.29) is 0 Å². The maximum Gasteiger partial charge on any atom is 0.0890 e. The Morgan fingerprint density at radius 2 is 1.74 bits per heavy atom. The van der Waals surface area contributed by atoms with E-state index in [1.807, 2.05) is 30.5 Å². The fraction of sp³-hybridized carbons (Fsp3) is 0.450. The van der Waals surface area contributed by atoms with E-state index in [9.17, 15) is 0 Å². The highest BCUT2D eigenvalue weighted by molar-refractivity contribution is 5.77. The number of hydrogen-bond donors (Lipinski definition) is 0. The van der Waals surface area contributed by atoms with E-state index in [2.05, 4.69) is 53.3 Å².